The molecule has 126 valence electrons. The lowest BCUT2D eigenvalue weighted by Crippen LogP contribution is -2.37. The molecule has 3 N–H and O–H groups in total. The molecule has 1 aromatic carbocycles. The standard InChI is InChI=1S/C18H25N3O.ClH/c22-12-2-10-20-15-5-7-16(8-6-15)21-18-4-1-3-14-13-19-11-9-17(14)18;/h1,3-4,9,11,13,15-16,20-22H,2,5-8,10,12H2;1H/t15-,16-;. The Bertz CT molecular complexity index is 594. The van der Waals surface area contributed by atoms with Gasteiger partial charge in [0.15, 0.2) is 0 Å². The number of anilines is 1. The fourth-order valence-electron chi connectivity index (χ4n) is 3.30. The molecule has 3 rings (SSSR count). The minimum atomic E-state index is 0. The number of halogens is 1. The summed E-state index contributed by atoms with van der Waals surface area (Å²) < 4.78 is 0. The lowest BCUT2D eigenvalue weighted by Gasteiger charge is -2.30. The molecule has 1 aliphatic carbocycles. The molecule has 1 aromatic heterocycles. The molecule has 0 bridgehead atoms. The highest BCUT2D eigenvalue weighted by molar-refractivity contribution is 5.93. The molecule has 0 spiro atoms. The largest absolute Gasteiger partial charge is 0.396 e. The molecule has 1 saturated carbocycles. The minimum Gasteiger partial charge on any atom is -0.396 e. The van der Waals surface area contributed by atoms with Gasteiger partial charge in [0.25, 0.3) is 0 Å². The molecule has 5 heteroatoms. The van der Waals surface area contributed by atoms with E-state index in [1.165, 1.54) is 42.1 Å². The van der Waals surface area contributed by atoms with Crippen LogP contribution < -0.4 is 10.6 Å². The van der Waals surface area contributed by atoms with Crippen molar-refractivity contribution in [2.75, 3.05) is 18.5 Å². The fraction of sp³-hybridized carbons (Fsp3) is 0.500. The summed E-state index contributed by atoms with van der Waals surface area (Å²) in [5.74, 6) is 0. The maximum atomic E-state index is 8.83. The average Bonchev–Trinajstić information content (AvgIpc) is 2.57. The minimum absolute atomic E-state index is 0. The Labute approximate surface area is 144 Å². The SMILES string of the molecule is Cl.OCCCN[C@H]1CC[C@H](Nc2cccc3cnccc23)CC1. The number of rotatable bonds is 6. The summed E-state index contributed by atoms with van der Waals surface area (Å²) in [5.41, 5.74) is 1.22. The third-order valence-corrected chi connectivity index (χ3v) is 4.54. The van der Waals surface area contributed by atoms with Crippen molar-refractivity contribution in [3.63, 3.8) is 0 Å². The van der Waals surface area contributed by atoms with Crippen molar-refractivity contribution >= 4 is 28.9 Å². The van der Waals surface area contributed by atoms with Crippen molar-refractivity contribution in [2.24, 2.45) is 0 Å². The van der Waals surface area contributed by atoms with E-state index in [1.807, 2.05) is 12.4 Å². The van der Waals surface area contributed by atoms with E-state index >= 15 is 0 Å². The smallest absolute Gasteiger partial charge is 0.0443 e. The lowest BCUT2D eigenvalue weighted by molar-refractivity contribution is 0.276. The van der Waals surface area contributed by atoms with Gasteiger partial charge >= 0.3 is 0 Å². The highest BCUT2D eigenvalue weighted by Gasteiger charge is 2.20. The van der Waals surface area contributed by atoms with Crippen molar-refractivity contribution in [1.29, 1.82) is 0 Å². The van der Waals surface area contributed by atoms with E-state index in [0.717, 1.165) is 13.0 Å². The number of hydrogen-bond donors (Lipinski definition) is 3. The van der Waals surface area contributed by atoms with Gasteiger partial charge in [-0.05, 0) is 50.8 Å². The predicted octanol–water partition coefficient (Wildman–Crippen LogP) is 3.35. The van der Waals surface area contributed by atoms with Crippen LogP contribution in [0.1, 0.15) is 32.1 Å². The average molecular weight is 336 g/mol. The van der Waals surface area contributed by atoms with Gasteiger partial charge < -0.3 is 15.7 Å². The summed E-state index contributed by atoms with van der Waals surface area (Å²) in [7, 11) is 0. The van der Waals surface area contributed by atoms with Crippen LogP contribution in [0.25, 0.3) is 10.8 Å². The molecule has 0 atom stereocenters. The van der Waals surface area contributed by atoms with E-state index in [9.17, 15) is 0 Å². The molecule has 0 radical (unpaired) electrons. The third kappa shape index (κ3) is 4.80. The van der Waals surface area contributed by atoms with E-state index < -0.39 is 0 Å². The Balaban J connectivity index is 0.00000192. The van der Waals surface area contributed by atoms with E-state index in [4.69, 9.17) is 5.11 Å². The summed E-state index contributed by atoms with van der Waals surface area (Å²) in [5, 5.41) is 18.5. The molecular formula is C18H26ClN3O. The maximum absolute atomic E-state index is 8.83. The first-order valence-electron chi connectivity index (χ1n) is 8.30. The lowest BCUT2D eigenvalue weighted by atomic mass is 9.90. The van der Waals surface area contributed by atoms with Crippen LogP contribution in [-0.4, -0.2) is 35.3 Å². The molecule has 0 saturated heterocycles. The zero-order valence-corrected chi connectivity index (χ0v) is 14.2. The number of benzene rings is 1. The molecule has 0 amide bonds. The van der Waals surface area contributed by atoms with Crippen molar-refractivity contribution < 1.29 is 5.11 Å². The number of pyridine rings is 1. The Morgan fingerprint density at radius 1 is 1.09 bits per heavy atom. The summed E-state index contributed by atoms with van der Waals surface area (Å²) in [6, 6.07) is 9.60. The molecule has 0 unspecified atom stereocenters. The number of aliphatic hydroxyl groups excluding tert-OH is 1. The van der Waals surface area contributed by atoms with Gasteiger partial charge in [-0.1, -0.05) is 12.1 Å². The van der Waals surface area contributed by atoms with Crippen LogP contribution in [0, 0.1) is 0 Å². The quantitative estimate of drug-likeness (QED) is 0.709. The maximum Gasteiger partial charge on any atom is 0.0443 e. The van der Waals surface area contributed by atoms with Crippen LogP contribution in [0.2, 0.25) is 0 Å². The van der Waals surface area contributed by atoms with Gasteiger partial charge in [-0.2, -0.15) is 0 Å². The number of hydrogen-bond acceptors (Lipinski definition) is 4. The third-order valence-electron chi connectivity index (χ3n) is 4.54. The predicted molar refractivity (Wildman–Crippen MR) is 98.4 cm³/mol. The summed E-state index contributed by atoms with van der Waals surface area (Å²) in [6.07, 6.45) is 9.42. The fourth-order valence-corrected chi connectivity index (χ4v) is 3.30. The summed E-state index contributed by atoms with van der Waals surface area (Å²) in [6.45, 7) is 1.20. The zero-order valence-electron chi connectivity index (χ0n) is 13.4. The van der Waals surface area contributed by atoms with Gasteiger partial charge in [-0.15, -0.1) is 12.4 Å². The normalized spacial score (nSPS) is 20.9. The van der Waals surface area contributed by atoms with Crippen molar-refractivity contribution in [3.05, 3.63) is 36.7 Å². The number of aromatic nitrogens is 1. The second kappa shape index (κ2) is 9.06. The molecule has 4 nitrogen and oxygen atoms in total. The Morgan fingerprint density at radius 3 is 2.65 bits per heavy atom. The van der Waals surface area contributed by atoms with E-state index in [0.29, 0.717) is 12.1 Å². The first kappa shape index (κ1) is 18.0. The molecule has 1 fully saturated rings. The van der Waals surface area contributed by atoms with Gasteiger partial charge in [0, 0.05) is 47.5 Å². The van der Waals surface area contributed by atoms with Crippen molar-refractivity contribution in [3.8, 4) is 0 Å². The number of nitrogens with one attached hydrogen (secondary N) is 2. The molecular weight excluding hydrogens is 310 g/mol. The van der Waals surface area contributed by atoms with Gasteiger partial charge in [-0.3, -0.25) is 4.98 Å². The number of fused-ring (bicyclic) bond motifs is 1. The monoisotopic (exact) mass is 335 g/mol. The Kier molecular flexibility index (Phi) is 7.09. The summed E-state index contributed by atoms with van der Waals surface area (Å²) in [4.78, 5) is 4.19. The number of nitrogens with zero attached hydrogens (tertiary/aromatic N) is 1. The van der Waals surface area contributed by atoms with Crippen molar-refractivity contribution in [1.82, 2.24) is 10.3 Å². The van der Waals surface area contributed by atoms with Crippen LogP contribution in [0.15, 0.2) is 36.7 Å². The Morgan fingerprint density at radius 2 is 1.87 bits per heavy atom. The van der Waals surface area contributed by atoms with Crippen LogP contribution >= 0.6 is 12.4 Å². The molecule has 1 heterocycles. The second-order valence-corrected chi connectivity index (χ2v) is 6.13. The van der Waals surface area contributed by atoms with E-state index in [2.05, 4.69) is 39.9 Å². The van der Waals surface area contributed by atoms with Gasteiger partial charge in [-0.25, -0.2) is 0 Å². The molecule has 23 heavy (non-hydrogen) atoms. The Hall–Kier alpha value is -1.36. The second-order valence-electron chi connectivity index (χ2n) is 6.13. The highest BCUT2D eigenvalue weighted by atomic mass is 35.5. The van der Waals surface area contributed by atoms with Crippen LogP contribution in [-0.2, 0) is 0 Å². The topological polar surface area (TPSA) is 57.2 Å². The van der Waals surface area contributed by atoms with E-state index in [1.54, 1.807) is 0 Å². The van der Waals surface area contributed by atoms with Gasteiger partial charge in [0.2, 0.25) is 0 Å². The van der Waals surface area contributed by atoms with E-state index in [-0.39, 0.29) is 19.0 Å². The number of aliphatic hydroxyl groups is 1. The molecule has 0 aliphatic heterocycles. The van der Waals surface area contributed by atoms with Crippen LogP contribution in [0.5, 0.6) is 0 Å². The summed E-state index contributed by atoms with van der Waals surface area (Å²) >= 11 is 0. The van der Waals surface area contributed by atoms with Gasteiger partial charge in [0.1, 0.15) is 0 Å². The van der Waals surface area contributed by atoms with Gasteiger partial charge in [0.05, 0.1) is 0 Å². The first-order valence-corrected chi connectivity index (χ1v) is 8.30. The van der Waals surface area contributed by atoms with Crippen LogP contribution in [0.3, 0.4) is 0 Å². The highest BCUT2D eigenvalue weighted by Crippen LogP contribution is 2.27. The van der Waals surface area contributed by atoms with Crippen LogP contribution in [0.4, 0.5) is 5.69 Å². The van der Waals surface area contributed by atoms with Crippen molar-refractivity contribution in [2.45, 2.75) is 44.2 Å². The molecule has 2 aromatic rings. The molecule has 1 aliphatic rings. The first-order chi connectivity index (χ1) is 10.9. The zero-order chi connectivity index (χ0) is 15.2.